The molecule has 0 radical (unpaired) electrons. The summed E-state index contributed by atoms with van der Waals surface area (Å²) in [4.78, 5) is 37.1. The van der Waals surface area contributed by atoms with Crippen LogP contribution in [0.25, 0.3) is 0 Å². The maximum Gasteiger partial charge on any atom is 0.334 e. The van der Waals surface area contributed by atoms with Gasteiger partial charge in [-0.1, -0.05) is 12.7 Å². The van der Waals surface area contributed by atoms with Gasteiger partial charge in [-0.3, -0.25) is 4.79 Å². The number of esters is 3. The van der Waals surface area contributed by atoms with Crippen LogP contribution < -0.4 is 0 Å². The highest BCUT2D eigenvalue weighted by Crippen LogP contribution is 2.59. The number of ether oxygens (including phenoxy) is 4. The molecule has 162 valence electrons. The minimum atomic E-state index is -1.00. The van der Waals surface area contributed by atoms with E-state index in [1.54, 1.807) is 19.9 Å². The Balaban J connectivity index is 1.86. The van der Waals surface area contributed by atoms with Crippen LogP contribution in [-0.2, 0) is 33.3 Å². The summed E-state index contributed by atoms with van der Waals surface area (Å²) in [7, 11) is 0. The molecule has 7 atom stereocenters. The molecule has 1 N–H and O–H groups in total. The van der Waals surface area contributed by atoms with Crippen molar-refractivity contribution in [3.8, 4) is 0 Å². The maximum atomic E-state index is 12.7. The van der Waals surface area contributed by atoms with Crippen molar-refractivity contribution >= 4 is 17.9 Å². The van der Waals surface area contributed by atoms with Crippen molar-refractivity contribution in [2.75, 3.05) is 6.61 Å². The van der Waals surface area contributed by atoms with E-state index in [1.165, 1.54) is 13.2 Å². The summed E-state index contributed by atoms with van der Waals surface area (Å²) in [5.41, 5.74) is 0.315. The largest absolute Gasteiger partial charge is 0.492 e. The number of fused-ring (bicyclic) bond motifs is 1. The molecule has 2 unspecified atom stereocenters. The normalized spacial score (nSPS) is 39.3. The van der Waals surface area contributed by atoms with E-state index in [2.05, 4.69) is 6.58 Å². The molecule has 4 rings (SSSR count). The van der Waals surface area contributed by atoms with E-state index < -0.39 is 47.7 Å². The van der Waals surface area contributed by atoms with Crippen molar-refractivity contribution in [2.24, 2.45) is 17.8 Å². The smallest absolute Gasteiger partial charge is 0.334 e. The van der Waals surface area contributed by atoms with Gasteiger partial charge in [-0.15, -0.1) is 0 Å². The third-order valence-electron chi connectivity index (χ3n) is 6.93. The molecule has 2 aliphatic carbocycles. The molecule has 3 fully saturated rings. The molecule has 2 saturated carbocycles. The van der Waals surface area contributed by atoms with Crippen molar-refractivity contribution in [2.45, 2.75) is 57.5 Å². The molecule has 8 heteroatoms. The van der Waals surface area contributed by atoms with Crippen molar-refractivity contribution in [3.05, 3.63) is 35.6 Å². The van der Waals surface area contributed by atoms with Crippen LogP contribution in [0.1, 0.15) is 33.6 Å². The lowest BCUT2D eigenvalue weighted by atomic mass is 9.75. The summed E-state index contributed by atoms with van der Waals surface area (Å²) in [5.74, 6) is -2.94. The molecule has 2 aliphatic heterocycles. The van der Waals surface area contributed by atoms with Crippen molar-refractivity contribution < 1.29 is 38.4 Å². The number of rotatable bonds is 4. The van der Waals surface area contributed by atoms with E-state index in [0.717, 1.165) is 0 Å². The molecular formula is C22H26O8. The van der Waals surface area contributed by atoms with E-state index in [9.17, 15) is 19.5 Å². The van der Waals surface area contributed by atoms with Crippen LogP contribution in [0.2, 0.25) is 0 Å². The fourth-order valence-electron chi connectivity index (χ4n) is 5.38. The number of aliphatic hydroxyl groups is 1. The highest BCUT2D eigenvalue weighted by Gasteiger charge is 2.67. The van der Waals surface area contributed by atoms with Gasteiger partial charge in [0, 0.05) is 29.6 Å². The number of carbonyl (C=O) groups excluding carboxylic acids is 3. The zero-order valence-electron chi connectivity index (χ0n) is 17.3. The Kier molecular flexibility index (Phi) is 5.00. The van der Waals surface area contributed by atoms with Gasteiger partial charge in [-0.2, -0.15) is 0 Å². The topological polar surface area (TPSA) is 108 Å². The number of hydrogen-bond acceptors (Lipinski definition) is 8. The Labute approximate surface area is 174 Å². The van der Waals surface area contributed by atoms with Gasteiger partial charge >= 0.3 is 17.9 Å². The summed E-state index contributed by atoms with van der Waals surface area (Å²) in [6.45, 7) is 8.25. The van der Waals surface area contributed by atoms with E-state index in [1.807, 2.05) is 0 Å². The van der Waals surface area contributed by atoms with Gasteiger partial charge in [0.25, 0.3) is 0 Å². The predicted octanol–water partition coefficient (Wildman–Crippen LogP) is 1.58. The summed E-state index contributed by atoms with van der Waals surface area (Å²) in [6.07, 6.45) is 1.71. The third-order valence-corrected chi connectivity index (χ3v) is 6.93. The Hall–Kier alpha value is -2.61. The van der Waals surface area contributed by atoms with Gasteiger partial charge in [0.2, 0.25) is 0 Å². The molecular weight excluding hydrogens is 392 g/mol. The minimum Gasteiger partial charge on any atom is -0.492 e. The number of carbonyl (C=O) groups is 3. The van der Waals surface area contributed by atoms with Crippen LogP contribution in [0.5, 0.6) is 0 Å². The predicted molar refractivity (Wildman–Crippen MR) is 103 cm³/mol. The van der Waals surface area contributed by atoms with Crippen molar-refractivity contribution in [1.29, 1.82) is 0 Å². The Morgan fingerprint density at radius 3 is 2.73 bits per heavy atom. The van der Waals surface area contributed by atoms with Gasteiger partial charge in [0.1, 0.15) is 11.7 Å². The summed E-state index contributed by atoms with van der Waals surface area (Å²) in [5, 5.41) is 10.2. The fourth-order valence-corrected chi connectivity index (χ4v) is 5.38. The van der Waals surface area contributed by atoms with E-state index in [0.29, 0.717) is 24.0 Å². The van der Waals surface area contributed by atoms with Gasteiger partial charge in [-0.25, -0.2) is 9.59 Å². The molecule has 0 aromatic rings. The molecule has 0 spiro atoms. The van der Waals surface area contributed by atoms with E-state index in [4.69, 9.17) is 18.9 Å². The molecule has 0 aromatic heterocycles. The Morgan fingerprint density at radius 1 is 1.37 bits per heavy atom. The molecule has 4 bridgehead atoms. The zero-order valence-corrected chi connectivity index (χ0v) is 17.3. The lowest BCUT2D eigenvalue weighted by molar-refractivity contribution is -0.166. The summed E-state index contributed by atoms with van der Waals surface area (Å²) < 4.78 is 23.1. The highest BCUT2D eigenvalue weighted by atomic mass is 16.6. The molecule has 8 nitrogen and oxygen atoms in total. The lowest BCUT2D eigenvalue weighted by Gasteiger charge is -2.41. The fraction of sp³-hybridized carbons (Fsp3) is 0.591. The molecule has 1 saturated heterocycles. The van der Waals surface area contributed by atoms with Crippen LogP contribution in [0.3, 0.4) is 0 Å². The maximum absolute atomic E-state index is 12.7. The second kappa shape index (κ2) is 7.27. The molecule has 4 aliphatic rings. The number of hydrogen-bond donors (Lipinski definition) is 1. The van der Waals surface area contributed by atoms with Crippen LogP contribution in [0.15, 0.2) is 35.6 Å². The Bertz CT molecular complexity index is 870. The quantitative estimate of drug-likeness (QED) is 0.416. The van der Waals surface area contributed by atoms with Gasteiger partial charge < -0.3 is 24.1 Å². The molecule has 2 heterocycles. The third kappa shape index (κ3) is 2.88. The first kappa shape index (κ1) is 20.7. The average molecular weight is 418 g/mol. The zero-order chi connectivity index (χ0) is 21.8. The van der Waals surface area contributed by atoms with E-state index >= 15 is 0 Å². The minimum absolute atomic E-state index is 0.145. The highest BCUT2D eigenvalue weighted by molar-refractivity contribution is 5.92. The van der Waals surface area contributed by atoms with Crippen LogP contribution in [0.4, 0.5) is 0 Å². The van der Waals surface area contributed by atoms with E-state index in [-0.39, 0.29) is 24.0 Å². The number of allylic oxidation sites excluding steroid dienone is 1. The molecule has 0 amide bonds. The number of aliphatic hydroxyl groups excluding tert-OH is 1. The van der Waals surface area contributed by atoms with Gasteiger partial charge in [0.15, 0.2) is 12.2 Å². The first-order valence-corrected chi connectivity index (χ1v) is 10.1. The standard InChI is InChI=1S/C22H26O8/c1-5-10(2)20(25)30-19-15-11(3)21(26)29-18(15)16-13-6-7-22(16,9-23)27-8-14(13)17(19)28-12(4)24/h5,8,13,15-19,23H,3,6-7,9H2,1-2,4H3/b10-5-/t13?,15-,16?,17-,18-,19-,22-/m0/s1. The van der Waals surface area contributed by atoms with Gasteiger partial charge in [0.05, 0.1) is 18.8 Å². The van der Waals surface area contributed by atoms with Crippen LogP contribution in [-0.4, -0.2) is 53.5 Å². The van der Waals surface area contributed by atoms with Crippen molar-refractivity contribution in [1.82, 2.24) is 0 Å². The second-order valence-corrected chi connectivity index (χ2v) is 8.42. The van der Waals surface area contributed by atoms with Crippen LogP contribution >= 0.6 is 0 Å². The first-order valence-electron chi connectivity index (χ1n) is 10.1. The van der Waals surface area contributed by atoms with Gasteiger partial charge in [-0.05, 0) is 32.6 Å². The summed E-state index contributed by atoms with van der Waals surface area (Å²) in [6, 6.07) is 0. The Morgan fingerprint density at radius 2 is 2.10 bits per heavy atom. The second-order valence-electron chi connectivity index (χ2n) is 8.42. The lowest BCUT2D eigenvalue weighted by Crippen LogP contribution is -2.50. The monoisotopic (exact) mass is 418 g/mol. The molecule has 0 aromatic carbocycles. The van der Waals surface area contributed by atoms with Crippen LogP contribution in [0, 0.1) is 17.8 Å². The molecule has 30 heavy (non-hydrogen) atoms. The first-order chi connectivity index (χ1) is 14.2. The average Bonchev–Trinajstić information content (AvgIpc) is 3.13. The van der Waals surface area contributed by atoms with Crippen molar-refractivity contribution in [3.63, 3.8) is 0 Å². The SMILES string of the molecule is C=C1C(=O)O[C@@H]2C3C4CC[C@@]3(CO)OC=C4[C@H](OC(C)=O)[C@@H](OC(=O)/C(C)=C\C)[C@@H]12. The summed E-state index contributed by atoms with van der Waals surface area (Å²) >= 11 is 0.